The summed E-state index contributed by atoms with van der Waals surface area (Å²) in [5, 5.41) is 10.4. The highest BCUT2D eigenvalue weighted by atomic mass is 28.3. The zero-order valence-corrected chi connectivity index (χ0v) is 28.8. The van der Waals surface area contributed by atoms with Crippen LogP contribution >= 0.6 is 0 Å². The van der Waals surface area contributed by atoms with Gasteiger partial charge in [0.05, 0.1) is 27.6 Å². The number of fused-ring (bicyclic) bond motifs is 11. The van der Waals surface area contributed by atoms with Gasteiger partial charge < -0.3 is 9.13 Å². The maximum absolute atomic E-state index is 4.91. The van der Waals surface area contributed by atoms with Crippen LogP contribution < -0.4 is 10.4 Å². The molecule has 0 amide bonds. The van der Waals surface area contributed by atoms with Crippen LogP contribution in [-0.2, 0) is 0 Å². The summed E-state index contributed by atoms with van der Waals surface area (Å²) in [5.41, 5.74) is 10.9. The van der Waals surface area contributed by atoms with Crippen LogP contribution in [0.5, 0.6) is 0 Å². The number of pyridine rings is 1. The first kappa shape index (κ1) is 27.7. The van der Waals surface area contributed by atoms with Gasteiger partial charge in [0.1, 0.15) is 13.7 Å². The summed E-state index contributed by atoms with van der Waals surface area (Å²) >= 11 is 0. The van der Waals surface area contributed by atoms with E-state index in [2.05, 4.69) is 179 Å². The van der Waals surface area contributed by atoms with E-state index in [0.29, 0.717) is 0 Å². The van der Waals surface area contributed by atoms with E-state index in [-0.39, 0.29) is 0 Å². The molecule has 0 N–H and O–H groups in total. The highest BCUT2D eigenvalue weighted by molar-refractivity contribution is 7.02. The summed E-state index contributed by atoms with van der Waals surface area (Å²) in [6.45, 7) is 4.98. The fraction of sp³-hybridized carbons (Fsp3) is 0.0444. The first-order valence-corrected chi connectivity index (χ1v) is 20.3. The molecule has 5 heteroatoms. The Morgan fingerprint density at radius 2 is 1.16 bits per heavy atom. The molecule has 1 aliphatic heterocycles. The van der Waals surface area contributed by atoms with Crippen LogP contribution in [0.15, 0.2) is 146 Å². The smallest absolute Gasteiger partial charge is 0.145 e. The molecule has 0 aliphatic carbocycles. The monoisotopic (exact) mass is 656 g/mol. The molecular weight excluding hydrogens is 625 g/mol. The van der Waals surface area contributed by atoms with Gasteiger partial charge in [0, 0.05) is 56.1 Å². The van der Waals surface area contributed by atoms with E-state index in [1.807, 2.05) is 6.20 Å². The van der Waals surface area contributed by atoms with E-state index in [9.17, 15) is 0 Å². The lowest BCUT2D eigenvalue weighted by molar-refractivity contribution is 1.14. The minimum atomic E-state index is -2.00. The molecule has 5 heterocycles. The molecule has 1 aliphatic rings. The number of aromatic nitrogens is 4. The molecule has 0 fully saturated rings. The molecule has 4 aromatic heterocycles. The Bertz CT molecular complexity index is 3030. The first-order valence-electron chi connectivity index (χ1n) is 17.3. The summed E-state index contributed by atoms with van der Waals surface area (Å²) < 4.78 is 7.17. The fourth-order valence-corrected chi connectivity index (χ4v) is 11.8. The molecular formula is C45H32N4Si. The standard InChI is InChI=1S/C45H32N4Si/c1-50(2)42-20-10-9-19-41(42)49-44-36(34-15-11-24-46-45(34)49)26-29(27-43(44)50)23-25-47-37-16-6-3-14-33(37)35-28-30(21-22-38(35)47)48-39-17-7-4-12-31(39)32-13-5-8-18-40(32)48/h3-28H,1-2H3/b25-23+. The van der Waals surface area contributed by atoms with Gasteiger partial charge in [-0.2, -0.15) is 0 Å². The minimum absolute atomic E-state index is 1.03. The molecule has 10 aromatic rings. The number of hydrogen-bond donors (Lipinski definition) is 0. The van der Waals surface area contributed by atoms with Crippen molar-refractivity contribution in [1.82, 2.24) is 18.7 Å². The number of nitrogens with zero attached hydrogens (tertiary/aromatic N) is 4. The Hall–Kier alpha value is -6.17. The SMILES string of the molecule is C[Si]1(C)c2ccccc2-n2c3ncccc3c3cc(/C=C/n4c5ccccc5c5cc(-n6c7ccccc7c7ccccc76)ccc54)cc1c32. The lowest BCUT2D eigenvalue weighted by Crippen LogP contribution is -2.57. The van der Waals surface area contributed by atoms with Gasteiger partial charge >= 0.3 is 0 Å². The first-order chi connectivity index (χ1) is 24.6. The van der Waals surface area contributed by atoms with Crippen molar-refractivity contribution in [2.24, 2.45) is 0 Å². The van der Waals surface area contributed by atoms with Crippen molar-refractivity contribution >= 4 is 96.3 Å². The van der Waals surface area contributed by atoms with Crippen molar-refractivity contribution < 1.29 is 0 Å². The van der Waals surface area contributed by atoms with Gasteiger partial charge in [-0.05, 0) is 82.7 Å². The summed E-state index contributed by atoms with van der Waals surface area (Å²) in [7, 11) is -2.00. The van der Waals surface area contributed by atoms with Gasteiger partial charge in [-0.1, -0.05) is 92.0 Å². The molecule has 0 saturated heterocycles. The van der Waals surface area contributed by atoms with Gasteiger partial charge in [0.15, 0.2) is 0 Å². The molecule has 0 atom stereocenters. The minimum Gasteiger partial charge on any atom is -0.316 e. The molecule has 11 rings (SSSR count). The van der Waals surface area contributed by atoms with Crippen LogP contribution in [-0.4, -0.2) is 26.8 Å². The predicted molar refractivity (Wildman–Crippen MR) is 214 cm³/mol. The third kappa shape index (κ3) is 3.62. The van der Waals surface area contributed by atoms with Crippen molar-refractivity contribution in [3.63, 3.8) is 0 Å². The van der Waals surface area contributed by atoms with Crippen molar-refractivity contribution in [3.8, 4) is 11.4 Å². The molecule has 4 nitrogen and oxygen atoms in total. The fourth-order valence-electron chi connectivity index (χ4n) is 8.80. The van der Waals surface area contributed by atoms with Gasteiger partial charge in [-0.3, -0.25) is 4.57 Å². The van der Waals surface area contributed by atoms with Crippen LogP contribution in [0, 0.1) is 0 Å². The number of hydrogen-bond acceptors (Lipinski definition) is 1. The van der Waals surface area contributed by atoms with E-state index in [0.717, 1.165) is 5.65 Å². The Morgan fingerprint density at radius 1 is 0.520 bits per heavy atom. The second-order valence-corrected chi connectivity index (χ2v) is 18.4. The van der Waals surface area contributed by atoms with Crippen LogP contribution in [0.3, 0.4) is 0 Å². The highest BCUT2D eigenvalue weighted by Crippen LogP contribution is 2.37. The van der Waals surface area contributed by atoms with Crippen molar-refractivity contribution in [1.29, 1.82) is 0 Å². The van der Waals surface area contributed by atoms with Crippen molar-refractivity contribution in [3.05, 3.63) is 151 Å². The van der Waals surface area contributed by atoms with Crippen LogP contribution in [0.2, 0.25) is 13.1 Å². The number of para-hydroxylation sites is 4. The van der Waals surface area contributed by atoms with E-state index >= 15 is 0 Å². The van der Waals surface area contributed by atoms with Gasteiger partial charge in [-0.15, -0.1) is 0 Å². The zero-order chi connectivity index (χ0) is 33.1. The molecule has 50 heavy (non-hydrogen) atoms. The molecule has 0 radical (unpaired) electrons. The molecule has 6 aromatic carbocycles. The number of rotatable bonds is 3. The van der Waals surface area contributed by atoms with Crippen molar-refractivity contribution in [2.75, 3.05) is 0 Å². The van der Waals surface area contributed by atoms with E-state index in [1.165, 1.54) is 87.2 Å². The van der Waals surface area contributed by atoms with E-state index in [1.54, 1.807) is 0 Å². The molecule has 0 spiro atoms. The van der Waals surface area contributed by atoms with Crippen LogP contribution in [0.1, 0.15) is 5.56 Å². The number of benzene rings is 6. The maximum Gasteiger partial charge on any atom is 0.145 e. The largest absolute Gasteiger partial charge is 0.316 e. The van der Waals surface area contributed by atoms with Crippen LogP contribution in [0.4, 0.5) is 0 Å². The molecule has 0 unspecified atom stereocenters. The predicted octanol–water partition coefficient (Wildman–Crippen LogP) is 10.1. The second kappa shape index (κ2) is 9.94. The Labute approximate surface area is 289 Å². The van der Waals surface area contributed by atoms with E-state index in [4.69, 9.17) is 4.98 Å². The third-order valence-electron chi connectivity index (χ3n) is 11.1. The lowest BCUT2D eigenvalue weighted by atomic mass is 10.1. The lowest BCUT2D eigenvalue weighted by Gasteiger charge is -2.33. The van der Waals surface area contributed by atoms with Gasteiger partial charge in [0.25, 0.3) is 0 Å². The quantitative estimate of drug-likeness (QED) is 0.174. The summed E-state index contributed by atoms with van der Waals surface area (Å²) in [6, 6.07) is 51.2. The Balaban J connectivity index is 1.12. The summed E-state index contributed by atoms with van der Waals surface area (Å²) in [5.74, 6) is 0. The van der Waals surface area contributed by atoms with Crippen LogP contribution in [0.25, 0.3) is 89.2 Å². The highest BCUT2D eigenvalue weighted by Gasteiger charge is 2.37. The average Bonchev–Trinajstić information content (AvgIpc) is 3.79. The molecule has 0 saturated carbocycles. The van der Waals surface area contributed by atoms with Gasteiger partial charge in [0.2, 0.25) is 0 Å². The molecule has 0 bridgehead atoms. The Morgan fingerprint density at radius 3 is 1.94 bits per heavy atom. The average molecular weight is 657 g/mol. The van der Waals surface area contributed by atoms with Crippen molar-refractivity contribution in [2.45, 2.75) is 13.1 Å². The third-order valence-corrected chi connectivity index (χ3v) is 14.6. The Kier molecular flexibility index (Phi) is 5.51. The topological polar surface area (TPSA) is 27.7 Å². The molecule has 236 valence electrons. The summed E-state index contributed by atoms with van der Waals surface area (Å²) in [6.07, 6.45) is 6.48. The maximum atomic E-state index is 4.91. The van der Waals surface area contributed by atoms with E-state index < -0.39 is 8.07 Å². The second-order valence-electron chi connectivity index (χ2n) is 14.1. The van der Waals surface area contributed by atoms with Gasteiger partial charge in [-0.25, -0.2) is 4.98 Å². The normalized spacial score (nSPS) is 13.9. The zero-order valence-electron chi connectivity index (χ0n) is 27.8. The summed E-state index contributed by atoms with van der Waals surface area (Å²) in [4.78, 5) is 4.91.